The van der Waals surface area contributed by atoms with Gasteiger partial charge in [-0.3, -0.25) is 9.69 Å². The molecule has 0 aromatic carbocycles. The molecule has 1 amide bonds. The van der Waals surface area contributed by atoms with Crippen molar-refractivity contribution >= 4 is 17.7 Å². The standard InChI is InChI=1S/C14H20N4O3/c1-8-4-5-9(2)18(8)10(3)13(19)17-12-11(14(20)21)15-6-7-16-12/h6-10H,4-5H2,1-3H3,(H,20,21)(H,16,17,19). The molecule has 21 heavy (non-hydrogen) atoms. The van der Waals surface area contributed by atoms with Crippen LogP contribution in [0.15, 0.2) is 12.4 Å². The highest BCUT2D eigenvalue weighted by Gasteiger charge is 2.34. The maximum atomic E-state index is 12.4. The van der Waals surface area contributed by atoms with Crippen LogP contribution in [0.3, 0.4) is 0 Å². The maximum absolute atomic E-state index is 12.4. The minimum absolute atomic E-state index is 0.0126. The summed E-state index contributed by atoms with van der Waals surface area (Å²) in [6.07, 6.45) is 4.76. The number of carbonyl (C=O) groups excluding carboxylic acids is 1. The summed E-state index contributed by atoms with van der Waals surface area (Å²) in [5.41, 5.74) is -0.249. The summed E-state index contributed by atoms with van der Waals surface area (Å²) < 4.78 is 0. The van der Waals surface area contributed by atoms with E-state index in [1.165, 1.54) is 12.4 Å². The second-order valence-electron chi connectivity index (χ2n) is 5.45. The lowest BCUT2D eigenvalue weighted by Gasteiger charge is -2.31. The van der Waals surface area contributed by atoms with Crippen LogP contribution in [0, 0.1) is 0 Å². The molecule has 2 rings (SSSR count). The molecule has 1 aliphatic rings. The van der Waals surface area contributed by atoms with Gasteiger partial charge >= 0.3 is 5.97 Å². The number of amides is 1. The smallest absolute Gasteiger partial charge is 0.358 e. The Kier molecular flexibility index (Phi) is 4.52. The number of carboxylic acid groups (broad SMARTS) is 1. The second-order valence-corrected chi connectivity index (χ2v) is 5.45. The summed E-state index contributed by atoms with van der Waals surface area (Å²) in [5, 5.41) is 11.6. The monoisotopic (exact) mass is 292 g/mol. The number of anilines is 1. The molecule has 114 valence electrons. The molecule has 1 aliphatic heterocycles. The highest BCUT2D eigenvalue weighted by Crippen LogP contribution is 2.26. The SMILES string of the molecule is CC1CCC(C)N1C(C)C(=O)Nc1nccnc1C(=O)O. The highest BCUT2D eigenvalue weighted by atomic mass is 16.4. The molecular weight excluding hydrogens is 272 g/mol. The molecule has 1 fully saturated rings. The van der Waals surface area contributed by atoms with Crippen molar-refractivity contribution < 1.29 is 14.7 Å². The fourth-order valence-corrected chi connectivity index (χ4v) is 2.92. The van der Waals surface area contributed by atoms with Crippen molar-refractivity contribution in [3.63, 3.8) is 0 Å². The van der Waals surface area contributed by atoms with Crippen LogP contribution >= 0.6 is 0 Å². The van der Waals surface area contributed by atoms with E-state index >= 15 is 0 Å². The number of nitrogens with zero attached hydrogens (tertiary/aromatic N) is 3. The molecule has 2 heterocycles. The number of carbonyl (C=O) groups is 2. The van der Waals surface area contributed by atoms with E-state index in [1.54, 1.807) is 0 Å². The Hall–Kier alpha value is -2.02. The Bertz CT molecular complexity index is 539. The van der Waals surface area contributed by atoms with Crippen molar-refractivity contribution in [2.45, 2.75) is 51.7 Å². The Morgan fingerprint density at radius 3 is 2.43 bits per heavy atom. The number of nitrogens with one attached hydrogen (secondary N) is 1. The predicted octanol–water partition coefficient (Wildman–Crippen LogP) is 1.37. The van der Waals surface area contributed by atoms with Gasteiger partial charge in [0.25, 0.3) is 0 Å². The van der Waals surface area contributed by atoms with Crippen LogP contribution in [0.1, 0.15) is 44.1 Å². The summed E-state index contributed by atoms with van der Waals surface area (Å²) in [5.74, 6) is -1.49. The zero-order valence-corrected chi connectivity index (χ0v) is 12.4. The molecule has 3 unspecified atom stereocenters. The van der Waals surface area contributed by atoms with Gasteiger partial charge < -0.3 is 10.4 Å². The molecule has 0 spiro atoms. The van der Waals surface area contributed by atoms with Gasteiger partial charge in [0.15, 0.2) is 11.5 Å². The zero-order valence-electron chi connectivity index (χ0n) is 12.4. The Morgan fingerprint density at radius 2 is 1.86 bits per heavy atom. The van der Waals surface area contributed by atoms with Crippen LogP contribution in [-0.4, -0.2) is 50.0 Å². The number of aromatic nitrogens is 2. The highest BCUT2D eigenvalue weighted by molar-refractivity contribution is 5.99. The van der Waals surface area contributed by atoms with Crippen molar-refractivity contribution in [1.29, 1.82) is 0 Å². The van der Waals surface area contributed by atoms with Crippen LogP contribution in [0.4, 0.5) is 5.82 Å². The van der Waals surface area contributed by atoms with E-state index in [9.17, 15) is 9.59 Å². The minimum Gasteiger partial charge on any atom is -0.476 e. The van der Waals surface area contributed by atoms with Crippen molar-refractivity contribution in [1.82, 2.24) is 14.9 Å². The van der Waals surface area contributed by atoms with Gasteiger partial charge in [-0.15, -0.1) is 0 Å². The van der Waals surface area contributed by atoms with Crippen LogP contribution in [0.5, 0.6) is 0 Å². The number of hydrogen-bond donors (Lipinski definition) is 2. The average Bonchev–Trinajstić information content (AvgIpc) is 2.77. The molecule has 7 heteroatoms. The third kappa shape index (κ3) is 3.18. The first-order chi connectivity index (χ1) is 9.91. The lowest BCUT2D eigenvalue weighted by atomic mass is 10.2. The summed E-state index contributed by atoms with van der Waals surface area (Å²) in [6.45, 7) is 6.01. The first-order valence-corrected chi connectivity index (χ1v) is 7.04. The number of rotatable bonds is 4. The summed E-state index contributed by atoms with van der Waals surface area (Å²) in [4.78, 5) is 33.2. The van der Waals surface area contributed by atoms with Crippen molar-refractivity contribution in [2.75, 3.05) is 5.32 Å². The third-order valence-electron chi connectivity index (χ3n) is 3.99. The van der Waals surface area contributed by atoms with Gasteiger partial charge in [0, 0.05) is 24.5 Å². The molecule has 1 aromatic rings. The van der Waals surface area contributed by atoms with Gasteiger partial charge in [0.2, 0.25) is 5.91 Å². The average molecular weight is 292 g/mol. The zero-order chi connectivity index (χ0) is 15.6. The van der Waals surface area contributed by atoms with Gasteiger partial charge in [-0.1, -0.05) is 0 Å². The van der Waals surface area contributed by atoms with E-state index in [2.05, 4.69) is 34.0 Å². The van der Waals surface area contributed by atoms with Crippen molar-refractivity contribution in [3.05, 3.63) is 18.1 Å². The summed E-state index contributed by atoms with van der Waals surface area (Å²) >= 11 is 0. The Labute approximate surface area is 123 Å². The van der Waals surface area contributed by atoms with Crippen LogP contribution in [-0.2, 0) is 4.79 Å². The molecule has 0 saturated carbocycles. The maximum Gasteiger partial charge on any atom is 0.358 e. The van der Waals surface area contributed by atoms with E-state index in [1.807, 2.05) is 6.92 Å². The topological polar surface area (TPSA) is 95.4 Å². The number of carboxylic acids is 1. The summed E-state index contributed by atoms with van der Waals surface area (Å²) in [7, 11) is 0. The van der Waals surface area contributed by atoms with Crippen LogP contribution < -0.4 is 5.32 Å². The van der Waals surface area contributed by atoms with Crippen LogP contribution in [0.25, 0.3) is 0 Å². The van der Waals surface area contributed by atoms with Gasteiger partial charge in [-0.25, -0.2) is 14.8 Å². The van der Waals surface area contributed by atoms with Crippen LogP contribution in [0.2, 0.25) is 0 Å². The molecule has 2 N–H and O–H groups in total. The predicted molar refractivity (Wildman–Crippen MR) is 77.1 cm³/mol. The first kappa shape index (κ1) is 15.4. The number of aromatic carboxylic acids is 1. The largest absolute Gasteiger partial charge is 0.476 e. The van der Waals surface area contributed by atoms with E-state index in [0.29, 0.717) is 12.1 Å². The Balaban J connectivity index is 2.13. The number of likely N-dealkylation sites (tertiary alicyclic amines) is 1. The molecule has 1 aromatic heterocycles. The lowest BCUT2D eigenvalue weighted by molar-refractivity contribution is -0.121. The van der Waals surface area contributed by atoms with Crippen molar-refractivity contribution in [2.24, 2.45) is 0 Å². The molecule has 0 radical (unpaired) electrons. The van der Waals surface area contributed by atoms with Gasteiger partial charge in [0.1, 0.15) is 0 Å². The Morgan fingerprint density at radius 1 is 1.29 bits per heavy atom. The first-order valence-electron chi connectivity index (χ1n) is 7.04. The molecule has 3 atom stereocenters. The van der Waals surface area contributed by atoms with Gasteiger partial charge in [0.05, 0.1) is 6.04 Å². The minimum atomic E-state index is -1.21. The summed E-state index contributed by atoms with van der Waals surface area (Å²) in [6, 6.07) is 0.323. The quantitative estimate of drug-likeness (QED) is 0.870. The van der Waals surface area contributed by atoms with Crippen molar-refractivity contribution in [3.8, 4) is 0 Å². The lowest BCUT2D eigenvalue weighted by Crippen LogP contribution is -2.47. The molecule has 0 bridgehead atoms. The molecule has 7 nitrogen and oxygen atoms in total. The fourth-order valence-electron chi connectivity index (χ4n) is 2.92. The fraction of sp³-hybridized carbons (Fsp3) is 0.571. The van der Waals surface area contributed by atoms with Gasteiger partial charge in [-0.05, 0) is 33.6 Å². The number of hydrogen-bond acceptors (Lipinski definition) is 5. The van der Waals surface area contributed by atoms with E-state index in [-0.39, 0.29) is 23.5 Å². The molecular formula is C14H20N4O3. The molecule has 1 saturated heterocycles. The van der Waals surface area contributed by atoms with E-state index in [0.717, 1.165) is 12.8 Å². The molecule has 0 aliphatic carbocycles. The van der Waals surface area contributed by atoms with E-state index in [4.69, 9.17) is 5.11 Å². The normalized spacial score (nSPS) is 23.8. The van der Waals surface area contributed by atoms with Gasteiger partial charge in [-0.2, -0.15) is 0 Å². The third-order valence-corrected chi connectivity index (χ3v) is 3.99. The van der Waals surface area contributed by atoms with E-state index < -0.39 is 5.97 Å². The second kappa shape index (κ2) is 6.17.